The van der Waals surface area contributed by atoms with Crippen molar-refractivity contribution >= 4 is 15.9 Å². The highest BCUT2D eigenvalue weighted by Crippen LogP contribution is 2.23. The number of nitrogens with zero attached hydrogens (tertiary/aromatic N) is 1. The summed E-state index contributed by atoms with van der Waals surface area (Å²) in [6, 6.07) is 10.2. The van der Waals surface area contributed by atoms with Crippen molar-refractivity contribution in [3.8, 4) is 6.07 Å². The minimum atomic E-state index is -0.240. The van der Waals surface area contributed by atoms with Gasteiger partial charge in [-0.05, 0) is 25.0 Å². The Hall–Kier alpha value is -0.850. The first kappa shape index (κ1) is 12.2. The van der Waals surface area contributed by atoms with Crippen molar-refractivity contribution in [1.82, 2.24) is 5.32 Å². The first-order valence-corrected chi connectivity index (χ1v) is 5.88. The Morgan fingerprint density at radius 3 is 2.67 bits per heavy atom. The lowest BCUT2D eigenvalue weighted by Crippen LogP contribution is -2.29. The van der Waals surface area contributed by atoms with E-state index in [1.807, 2.05) is 24.3 Å². The first-order valence-electron chi connectivity index (χ1n) is 5.09. The van der Waals surface area contributed by atoms with Gasteiger partial charge in [0.05, 0.1) is 6.07 Å². The zero-order valence-electron chi connectivity index (χ0n) is 9.00. The summed E-state index contributed by atoms with van der Waals surface area (Å²) in [6.45, 7) is 4.19. The van der Waals surface area contributed by atoms with Crippen LogP contribution in [0.25, 0.3) is 0 Å². The molecule has 3 heteroatoms. The predicted molar refractivity (Wildman–Crippen MR) is 65.4 cm³/mol. The Morgan fingerprint density at radius 2 is 2.13 bits per heavy atom. The Labute approximate surface area is 99.4 Å². The van der Waals surface area contributed by atoms with Crippen molar-refractivity contribution in [3.05, 3.63) is 34.3 Å². The van der Waals surface area contributed by atoms with Crippen molar-refractivity contribution in [2.75, 3.05) is 0 Å². The van der Waals surface area contributed by atoms with Gasteiger partial charge in [-0.15, -0.1) is 0 Å². The zero-order valence-corrected chi connectivity index (χ0v) is 10.6. The molecule has 0 saturated heterocycles. The number of halogens is 1. The van der Waals surface area contributed by atoms with Crippen LogP contribution in [0.5, 0.6) is 0 Å². The van der Waals surface area contributed by atoms with Crippen molar-refractivity contribution in [2.45, 2.75) is 32.4 Å². The Kier molecular flexibility index (Phi) is 4.80. The minimum Gasteiger partial charge on any atom is -0.296 e. The molecule has 0 fully saturated rings. The van der Waals surface area contributed by atoms with Gasteiger partial charge < -0.3 is 0 Å². The summed E-state index contributed by atoms with van der Waals surface area (Å²) in [5, 5.41) is 12.4. The fourth-order valence-electron chi connectivity index (χ4n) is 1.31. The van der Waals surface area contributed by atoms with Crippen LogP contribution in [0.15, 0.2) is 28.7 Å². The van der Waals surface area contributed by atoms with E-state index >= 15 is 0 Å². The SMILES string of the molecule is CCC(C)NC(C#N)c1ccccc1Br. The molecule has 0 heterocycles. The lowest BCUT2D eigenvalue weighted by atomic mass is 10.1. The average molecular weight is 267 g/mol. The molecule has 0 aliphatic rings. The summed E-state index contributed by atoms with van der Waals surface area (Å²) in [6.07, 6.45) is 1.02. The third kappa shape index (κ3) is 3.33. The van der Waals surface area contributed by atoms with Gasteiger partial charge in [-0.25, -0.2) is 0 Å². The van der Waals surface area contributed by atoms with Crippen molar-refractivity contribution in [1.29, 1.82) is 5.26 Å². The normalized spacial score (nSPS) is 14.3. The molecule has 0 aromatic heterocycles. The Balaban J connectivity index is 2.85. The third-order valence-electron chi connectivity index (χ3n) is 2.41. The van der Waals surface area contributed by atoms with Gasteiger partial charge in [0.25, 0.3) is 0 Å². The summed E-state index contributed by atoms with van der Waals surface area (Å²) in [5.41, 5.74) is 1.00. The van der Waals surface area contributed by atoms with E-state index in [0.29, 0.717) is 6.04 Å². The van der Waals surface area contributed by atoms with E-state index in [-0.39, 0.29) is 6.04 Å². The maximum atomic E-state index is 9.11. The smallest absolute Gasteiger partial charge is 0.122 e. The van der Waals surface area contributed by atoms with Crippen molar-refractivity contribution < 1.29 is 0 Å². The quantitative estimate of drug-likeness (QED) is 0.907. The number of nitrogens with one attached hydrogen (secondary N) is 1. The predicted octanol–water partition coefficient (Wildman–Crippen LogP) is 3.40. The van der Waals surface area contributed by atoms with Crippen LogP contribution in [0, 0.1) is 11.3 Å². The van der Waals surface area contributed by atoms with Crippen LogP contribution in [-0.4, -0.2) is 6.04 Å². The summed E-state index contributed by atoms with van der Waals surface area (Å²) in [5.74, 6) is 0. The van der Waals surface area contributed by atoms with E-state index in [2.05, 4.69) is 41.2 Å². The fraction of sp³-hybridized carbons (Fsp3) is 0.417. The summed E-state index contributed by atoms with van der Waals surface area (Å²) in [7, 11) is 0. The van der Waals surface area contributed by atoms with Crippen LogP contribution >= 0.6 is 15.9 Å². The fourth-order valence-corrected chi connectivity index (χ4v) is 1.82. The molecule has 80 valence electrons. The van der Waals surface area contributed by atoms with E-state index < -0.39 is 0 Å². The third-order valence-corrected chi connectivity index (χ3v) is 3.13. The van der Waals surface area contributed by atoms with Gasteiger partial charge >= 0.3 is 0 Å². The van der Waals surface area contributed by atoms with E-state index in [1.165, 1.54) is 0 Å². The standard InChI is InChI=1S/C12H15BrN2/c1-3-9(2)15-12(8-14)10-6-4-5-7-11(10)13/h4-7,9,12,15H,3H2,1-2H3. The van der Waals surface area contributed by atoms with Crippen LogP contribution < -0.4 is 5.32 Å². The number of benzene rings is 1. The number of nitriles is 1. The zero-order chi connectivity index (χ0) is 11.3. The topological polar surface area (TPSA) is 35.8 Å². The van der Waals surface area contributed by atoms with Gasteiger partial charge in [-0.3, -0.25) is 5.32 Å². The molecule has 0 bridgehead atoms. The molecule has 1 aromatic carbocycles. The van der Waals surface area contributed by atoms with E-state index in [1.54, 1.807) is 0 Å². The van der Waals surface area contributed by atoms with Crippen LogP contribution in [0.3, 0.4) is 0 Å². The molecule has 0 aliphatic heterocycles. The molecule has 0 spiro atoms. The van der Waals surface area contributed by atoms with Gasteiger partial charge in [0.1, 0.15) is 6.04 Å². The highest BCUT2D eigenvalue weighted by Gasteiger charge is 2.14. The van der Waals surface area contributed by atoms with E-state index in [4.69, 9.17) is 5.26 Å². The minimum absolute atomic E-state index is 0.240. The molecule has 2 nitrogen and oxygen atoms in total. The lowest BCUT2D eigenvalue weighted by molar-refractivity contribution is 0.500. The largest absolute Gasteiger partial charge is 0.296 e. The maximum Gasteiger partial charge on any atom is 0.122 e. The molecule has 0 radical (unpaired) electrons. The Morgan fingerprint density at radius 1 is 1.47 bits per heavy atom. The monoisotopic (exact) mass is 266 g/mol. The van der Waals surface area contributed by atoms with Gasteiger partial charge in [-0.2, -0.15) is 5.26 Å². The molecular formula is C12H15BrN2. The second-order valence-electron chi connectivity index (χ2n) is 3.56. The highest BCUT2D eigenvalue weighted by molar-refractivity contribution is 9.10. The van der Waals surface area contributed by atoms with E-state index in [9.17, 15) is 0 Å². The van der Waals surface area contributed by atoms with Crippen molar-refractivity contribution in [3.63, 3.8) is 0 Å². The molecule has 2 atom stereocenters. The molecule has 0 amide bonds. The molecular weight excluding hydrogens is 252 g/mol. The molecule has 0 saturated carbocycles. The summed E-state index contributed by atoms with van der Waals surface area (Å²) < 4.78 is 0.979. The second-order valence-corrected chi connectivity index (χ2v) is 4.41. The molecule has 0 aliphatic carbocycles. The molecule has 15 heavy (non-hydrogen) atoms. The van der Waals surface area contributed by atoms with Gasteiger partial charge in [0.2, 0.25) is 0 Å². The van der Waals surface area contributed by atoms with E-state index in [0.717, 1.165) is 16.5 Å². The summed E-state index contributed by atoms with van der Waals surface area (Å²) in [4.78, 5) is 0. The van der Waals surface area contributed by atoms with Gasteiger partial charge in [-0.1, -0.05) is 41.1 Å². The Bertz CT molecular complexity index is 357. The molecule has 1 rings (SSSR count). The van der Waals surface area contributed by atoms with Gasteiger partial charge in [0, 0.05) is 10.5 Å². The van der Waals surface area contributed by atoms with Crippen LogP contribution in [0.4, 0.5) is 0 Å². The number of hydrogen-bond donors (Lipinski definition) is 1. The van der Waals surface area contributed by atoms with Crippen LogP contribution in [-0.2, 0) is 0 Å². The molecule has 2 unspecified atom stereocenters. The molecule has 1 aromatic rings. The van der Waals surface area contributed by atoms with Crippen LogP contribution in [0.2, 0.25) is 0 Å². The maximum absolute atomic E-state index is 9.11. The number of rotatable bonds is 4. The lowest BCUT2D eigenvalue weighted by Gasteiger charge is -2.17. The average Bonchev–Trinajstić information content (AvgIpc) is 2.26. The van der Waals surface area contributed by atoms with Gasteiger partial charge in [0.15, 0.2) is 0 Å². The first-order chi connectivity index (χ1) is 7.19. The highest BCUT2D eigenvalue weighted by atomic mass is 79.9. The van der Waals surface area contributed by atoms with Crippen molar-refractivity contribution in [2.24, 2.45) is 0 Å². The van der Waals surface area contributed by atoms with Crippen LogP contribution in [0.1, 0.15) is 31.9 Å². The summed E-state index contributed by atoms with van der Waals surface area (Å²) >= 11 is 3.46. The number of hydrogen-bond acceptors (Lipinski definition) is 2. The molecule has 1 N–H and O–H groups in total. The second kappa shape index (κ2) is 5.89.